The zero-order valence-electron chi connectivity index (χ0n) is 10.5. The maximum atomic E-state index is 6.15. The van der Waals surface area contributed by atoms with Crippen LogP contribution in [-0.4, -0.2) is 28.4 Å². The summed E-state index contributed by atoms with van der Waals surface area (Å²) in [5.74, 6) is 1.19. The van der Waals surface area contributed by atoms with Crippen LogP contribution in [0.5, 0.6) is 0 Å². The summed E-state index contributed by atoms with van der Waals surface area (Å²) in [6.07, 6.45) is 3.98. The fourth-order valence-electron chi connectivity index (χ4n) is 2.54. The number of fused-ring (bicyclic) bond motifs is 1. The number of thioether (sulfide) groups is 1. The summed E-state index contributed by atoms with van der Waals surface area (Å²) >= 11 is 8.03. The Balaban J connectivity index is 1.85. The molecule has 2 fully saturated rings. The summed E-state index contributed by atoms with van der Waals surface area (Å²) in [7, 11) is 0. The highest BCUT2D eigenvalue weighted by atomic mass is 35.5. The Morgan fingerprint density at radius 1 is 1.39 bits per heavy atom. The third-order valence-corrected chi connectivity index (χ3v) is 5.20. The average molecular weight is 281 g/mol. The molecule has 0 N–H and O–H groups in total. The summed E-state index contributed by atoms with van der Waals surface area (Å²) in [6.45, 7) is 3.18. The van der Waals surface area contributed by atoms with Gasteiger partial charge in [0.2, 0.25) is 0 Å². The number of hydrogen-bond acceptors (Lipinski definition) is 2. The molecule has 0 saturated carbocycles. The number of aryl methyl sites for hydroxylation is 1. The van der Waals surface area contributed by atoms with Crippen molar-refractivity contribution in [3.8, 4) is 0 Å². The zero-order chi connectivity index (χ0) is 12.5. The van der Waals surface area contributed by atoms with E-state index in [9.17, 15) is 0 Å². The minimum Gasteiger partial charge on any atom is -0.347 e. The number of aliphatic imine (C=N–C) groups is 1. The van der Waals surface area contributed by atoms with Gasteiger partial charge in [0.15, 0.2) is 5.17 Å². The van der Waals surface area contributed by atoms with Crippen molar-refractivity contribution in [2.75, 3.05) is 12.3 Å². The topological polar surface area (TPSA) is 15.6 Å². The predicted molar refractivity (Wildman–Crippen MR) is 80.1 cm³/mol. The number of halogens is 1. The van der Waals surface area contributed by atoms with Crippen molar-refractivity contribution in [1.29, 1.82) is 0 Å². The van der Waals surface area contributed by atoms with Crippen molar-refractivity contribution in [1.82, 2.24) is 4.90 Å². The fraction of sp³-hybridized carbons (Fsp3) is 0.500. The smallest absolute Gasteiger partial charge is 0.164 e. The first-order chi connectivity index (χ1) is 8.74. The maximum Gasteiger partial charge on any atom is 0.164 e. The van der Waals surface area contributed by atoms with E-state index in [0.29, 0.717) is 6.04 Å². The summed E-state index contributed by atoms with van der Waals surface area (Å²) in [4.78, 5) is 7.24. The van der Waals surface area contributed by atoms with Gasteiger partial charge in [0.05, 0.1) is 5.69 Å². The van der Waals surface area contributed by atoms with Crippen LogP contribution in [0.4, 0.5) is 5.69 Å². The highest BCUT2D eigenvalue weighted by Gasteiger charge is 2.31. The normalized spacial score (nSPS) is 25.6. The van der Waals surface area contributed by atoms with Gasteiger partial charge in [0, 0.05) is 23.4 Å². The van der Waals surface area contributed by atoms with Crippen LogP contribution < -0.4 is 0 Å². The van der Waals surface area contributed by atoms with Crippen LogP contribution in [0, 0.1) is 6.92 Å². The lowest BCUT2D eigenvalue weighted by Crippen LogP contribution is -2.37. The molecule has 1 atom stereocenters. The number of hydrogen-bond donors (Lipinski definition) is 0. The van der Waals surface area contributed by atoms with Crippen molar-refractivity contribution >= 4 is 34.2 Å². The molecule has 0 amide bonds. The summed E-state index contributed by atoms with van der Waals surface area (Å²) in [5.41, 5.74) is 2.08. The van der Waals surface area contributed by atoms with E-state index in [-0.39, 0.29) is 0 Å². The van der Waals surface area contributed by atoms with E-state index >= 15 is 0 Å². The lowest BCUT2D eigenvalue weighted by Gasteiger charge is -2.30. The number of nitrogens with zero attached hydrogens (tertiary/aromatic N) is 2. The molecule has 1 aromatic rings. The third kappa shape index (κ3) is 2.39. The molecule has 3 rings (SSSR count). The van der Waals surface area contributed by atoms with Crippen molar-refractivity contribution in [2.45, 2.75) is 32.2 Å². The molecule has 0 spiro atoms. The van der Waals surface area contributed by atoms with Crippen molar-refractivity contribution in [3.63, 3.8) is 0 Å². The summed E-state index contributed by atoms with van der Waals surface area (Å²) in [6, 6.07) is 6.76. The van der Waals surface area contributed by atoms with Crippen LogP contribution in [0.1, 0.15) is 24.8 Å². The molecule has 18 heavy (non-hydrogen) atoms. The maximum absolute atomic E-state index is 6.15. The van der Waals surface area contributed by atoms with E-state index in [1.807, 2.05) is 36.9 Å². The SMILES string of the molecule is Cc1ccc(N=C2SC[C@H]3CCCCN23)cc1Cl. The van der Waals surface area contributed by atoms with Crippen molar-refractivity contribution in [2.24, 2.45) is 4.99 Å². The van der Waals surface area contributed by atoms with Crippen molar-refractivity contribution < 1.29 is 0 Å². The zero-order valence-corrected chi connectivity index (χ0v) is 12.1. The lowest BCUT2D eigenvalue weighted by atomic mass is 10.1. The first-order valence-corrected chi connectivity index (χ1v) is 7.85. The molecule has 2 aliphatic rings. The second kappa shape index (κ2) is 5.14. The van der Waals surface area contributed by atoms with Crippen LogP contribution in [0.3, 0.4) is 0 Å². The van der Waals surface area contributed by atoms with E-state index in [1.165, 1.54) is 30.2 Å². The Kier molecular flexibility index (Phi) is 3.53. The Hall–Kier alpha value is -0.670. The quantitative estimate of drug-likeness (QED) is 0.765. The van der Waals surface area contributed by atoms with E-state index in [4.69, 9.17) is 16.6 Å². The second-order valence-electron chi connectivity index (χ2n) is 4.98. The van der Waals surface area contributed by atoms with E-state index in [2.05, 4.69) is 4.90 Å². The highest BCUT2D eigenvalue weighted by Crippen LogP contribution is 2.33. The molecule has 2 aliphatic heterocycles. The first kappa shape index (κ1) is 12.4. The molecular weight excluding hydrogens is 264 g/mol. The number of rotatable bonds is 1. The van der Waals surface area contributed by atoms with Gasteiger partial charge in [0.1, 0.15) is 0 Å². The third-order valence-electron chi connectivity index (χ3n) is 3.66. The molecule has 96 valence electrons. The van der Waals surface area contributed by atoms with Gasteiger partial charge in [-0.05, 0) is 43.9 Å². The predicted octanol–water partition coefficient (Wildman–Crippen LogP) is 4.24. The van der Waals surface area contributed by atoms with Crippen LogP contribution in [0.25, 0.3) is 0 Å². The Bertz CT molecular complexity index is 487. The van der Waals surface area contributed by atoms with Gasteiger partial charge in [-0.1, -0.05) is 29.4 Å². The molecule has 0 unspecified atom stereocenters. The Morgan fingerprint density at radius 3 is 3.11 bits per heavy atom. The van der Waals surface area contributed by atoms with Gasteiger partial charge in [0.25, 0.3) is 0 Å². The number of piperidine rings is 1. The first-order valence-electron chi connectivity index (χ1n) is 6.48. The molecular formula is C14H17ClN2S. The number of benzene rings is 1. The van der Waals surface area contributed by atoms with Crippen LogP contribution in [0.2, 0.25) is 5.02 Å². The molecule has 2 nitrogen and oxygen atoms in total. The molecule has 2 heterocycles. The largest absolute Gasteiger partial charge is 0.347 e. The molecule has 1 aromatic carbocycles. The van der Waals surface area contributed by atoms with Gasteiger partial charge < -0.3 is 4.90 Å². The molecule has 4 heteroatoms. The molecule has 0 radical (unpaired) electrons. The van der Waals surface area contributed by atoms with Gasteiger partial charge >= 0.3 is 0 Å². The lowest BCUT2D eigenvalue weighted by molar-refractivity contribution is 0.275. The monoisotopic (exact) mass is 280 g/mol. The molecule has 0 aliphatic carbocycles. The second-order valence-corrected chi connectivity index (χ2v) is 6.38. The van der Waals surface area contributed by atoms with E-state index in [1.54, 1.807) is 0 Å². The summed E-state index contributed by atoms with van der Waals surface area (Å²) in [5, 5.41) is 1.98. The highest BCUT2D eigenvalue weighted by molar-refractivity contribution is 8.14. The van der Waals surface area contributed by atoms with E-state index < -0.39 is 0 Å². The van der Waals surface area contributed by atoms with Gasteiger partial charge in [-0.25, -0.2) is 4.99 Å². The van der Waals surface area contributed by atoms with Gasteiger partial charge in [-0.15, -0.1) is 0 Å². The van der Waals surface area contributed by atoms with Crippen LogP contribution in [0.15, 0.2) is 23.2 Å². The fourth-order valence-corrected chi connectivity index (χ4v) is 3.98. The Labute approximate surface area is 117 Å². The number of amidine groups is 1. The van der Waals surface area contributed by atoms with Crippen molar-refractivity contribution in [3.05, 3.63) is 28.8 Å². The minimum atomic E-state index is 0.712. The average Bonchev–Trinajstić information content (AvgIpc) is 2.78. The minimum absolute atomic E-state index is 0.712. The summed E-state index contributed by atoms with van der Waals surface area (Å²) < 4.78 is 0. The van der Waals surface area contributed by atoms with Crippen LogP contribution in [-0.2, 0) is 0 Å². The van der Waals surface area contributed by atoms with E-state index in [0.717, 1.165) is 22.8 Å². The van der Waals surface area contributed by atoms with Gasteiger partial charge in [-0.3, -0.25) is 0 Å². The molecule has 0 aromatic heterocycles. The van der Waals surface area contributed by atoms with Gasteiger partial charge in [-0.2, -0.15) is 0 Å². The molecule has 2 saturated heterocycles. The molecule has 0 bridgehead atoms. The Morgan fingerprint density at radius 2 is 2.28 bits per heavy atom. The van der Waals surface area contributed by atoms with Crippen LogP contribution >= 0.6 is 23.4 Å². The standard InChI is InChI=1S/C14H17ClN2S/c1-10-5-6-11(8-13(10)15)16-14-17-7-3-2-4-12(17)9-18-14/h5-6,8,12H,2-4,7,9H2,1H3/t12-/m1/s1.